The monoisotopic (exact) mass is 375 g/mol. The lowest BCUT2D eigenvalue weighted by Crippen LogP contribution is -2.56. The molecule has 0 unspecified atom stereocenters. The van der Waals surface area contributed by atoms with Gasteiger partial charge >= 0.3 is 0 Å². The zero-order valence-corrected chi connectivity index (χ0v) is 16.6. The van der Waals surface area contributed by atoms with E-state index in [9.17, 15) is 4.79 Å². The number of piperidine rings is 1. The van der Waals surface area contributed by atoms with Gasteiger partial charge < -0.3 is 10.2 Å². The Balaban J connectivity index is 1.61. The molecule has 6 heteroatoms. The molecule has 0 spiro atoms. The van der Waals surface area contributed by atoms with E-state index in [0.717, 1.165) is 38.9 Å². The van der Waals surface area contributed by atoms with Crippen molar-refractivity contribution in [2.24, 2.45) is 0 Å². The fourth-order valence-corrected chi connectivity index (χ4v) is 6.10. The number of carbonyl (C=O) groups is 1. The van der Waals surface area contributed by atoms with Crippen molar-refractivity contribution in [2.45, 2.75) is 48.5 Å². The molecule has 3 aliphatic heterocycles. The van der Waals surface area contributed by atoms with Gasteiger partial charge in [0.15, 0.2) is 0 Å². The molecular formula is C20H29N3O2S. The number of para-hydroxylation sites is 1. The molecule has 1 aromatic carbocycles. The molecule has 1 amide bonds. The fourth-order valence-electron chi connectivity index (χ4n) is 5.06. The molecule has 1 saturated heterocycles. The van der Waals surface area contributed by atoms with Crippen molar-refractivity contribution in [3.63, 3.8) is 0 Å². The van der Waals surface area contributed by atoms with E-state index in [1.807, 2.05) is 11.8 Å². The number of amides is 1. The standard InChI is InChI=1S/C20H29N3O2S/c1-22(25-2)18(24)8-4-9-20-10-11-21-14-16(20)15-6-3-7-17-19(15)23(20)12-5-13-26-17/h3,6-7,16,21H,4-5,8-14H2,1-2H3/t16-,20-/m0/s1. The molecule has 0 aromatic heterocycles. The number of hydrogen-bond donors (Lipinski definition) is 1. The largest absolute Gasteiger partial charge is 0.364 e. The lowest BCUT2D eigenvalue weighted by atomic mass is 9.74. The molecule has 4 rings (SSSR count). The summed E-state index contributed by atoms with van der Waals surface area (Å²) in [6.45, 7) is 3.25. The van der Waals surface area contributed by atoms with E-state index in [4.69, 9.17) is 4.84 Å². The van der Waals surface area contributed by atoms with Crippen molar-refractivity contribution in [2.75, 3.05) is 44.4 Å². The van der Waals surface area contributed by atoms with Crippen LogP contribution in [-0.2, 0) is 9.63 Å². The van der Waals surface area contributed by atoms with E-state index in [2.05, 4.69) is 28.4 Å². The number of hydroxylamine groups is 2. The number of nitrogens with one attached hydrogen (secondary N) is 1. The first kappa shape index (κ1) is 18.1. The average molecular weight is 376 g/mol. The maximum Gasteiger partial charge on any atom is 0.245 e. The van der Waals surface area contributed by atoms with E-state index < -0.39 is 0 Å². The molecule has 1 N–H and O–H groups in total. The lowest BCUT2D eigenvalue weighted by Gasteiger charge is -2.47. The van der Waals surface area contributed by atoms with Crippen LogP contribution in [0.25, 0.3) is 0 Å². The molecule has 0 radical (unpaired) electrons. The second kappa shape index (κ2) is 7.41. The van der Waals surface area contributed by atoms with Gasteiger partial charge in [-0.2, -0.15) is 0 Å². The Bertz CT molecular complexity index is 683. The van der Waals surface area contributed by atoms with Gasteiger partial charge in [-0.1, -0.05) is 12.1 Å². The molecule has 0 saturated carbocycles. The quantitative estimate of drug-likeness (QED) is 0.802. The minimum absolute atomic E-state index is 0.0667. The summed E-state index contributed by atoms with van der Waals surface area (Å²) in [6, 6.07) is 6.85. The average Bonchev–Trinajstić information content (AvgIpc) is 2.80. The summed E-state index contributed by atoms with van der Waals surface area (Å²) in [5.41, 5.74) is 3.18. The van der Waals surface area contributed by atoms with Crippen molar-refractivity contribution in [1.82, 2.24) is 10.4 Å². The summed E-state index contributed by atoms with van der Waals surface area (Å²) in [4.78, 5) is 21.4. The Labute approximate surface area is 160 Å². The SMILES string of the molecule is CON(C)C(=O)CCC[C@]12CCNC[C@H]1c1cccc3c1N2CCCS3. The highest BCUT2D eigenvalue weighted by Gasteiger charge is 2.52. The summed E-state index contributed by atoms with van der Waals surface area (Å²) in [6.07, 6.45) is 4.92. The second-order valence-electron chi connectivity index (χ2n) is 7.59. The third kappa shape index (κ3) is 2.92. The molecule has 3 heterocycles. The number of fused-ring (bicyclic) bond motifs is 3. The van der Waals surface area contributed by atoms with Gasteiger partial charge in [-0.05, 0) is 49.6 Å². The first-order valence-corrected chi connectivity index (χ1v) is 10.7. The first-order chi connectivity index (χ1) is 12.7. The van der Waals surface area contributed by atoms with Gasteiger partial charge in [0.05, 0.1) is 12.8 Å². The van der Waals surface area contributed by atoms with Gasteiger partial charge in [0, 0.05) is 42.9 Å². The highest BCUT2D eigenvalue weighted by molar-refractivity contribution is 7.99. The third-order valence-corrected chi connectivity index (χ3v) is 7.49. The van der Waals surface area contributed by atoms with Crippen LogP contribution in [0.1, 0.15) is 43.6 Å². The number of carbonyl (C=O) groups excluding carboxylic acids is 1. The van der Waals surface area contributed by atoms with Gasteiger partial charge in [0.1, 0.15) is 0 Å². The predicted molar refractivity (Wildman–Crippen MR) is 106 cm³/mol. The van der Waals surface area contributed by atoms with Crippen LogP contribution in [0.5, 0.6) is 0 Å². The smallest absolute Gasteiger partial charge is 0.245 e. The van der Waals surface area contributed by atoms with Gasteiger partial charge in [0.2, 0.25) is 5.91 Å². The maximum atomic E-state index is 12.2. The van der Waals surface area contributed by atoms with Crippen LogP contribution < -0.4 is 10.2 Å². The van der Waals surface area contributed by atoms with Gasteiger partial charge in [-0.25, -0.2) is 5.06 Å². The molecule has 3 aliphatic rings. The summed E-state index contributed by atoms with van der Waals surface area (Å²) in [5.74, 6) is 1.79. The Hall–Kier alpha value is -1.24. The normalized spacial score (nSPS) is 26.8. The topological polar surface area (TPSA) is 44.8 Å². The molecule has 0 aliphatic carbocycles. The van der Waals surface area contributed by atoms with Crippen LogP contribution in [0.3, 0.4) is 0 Å². The molecule has 2 atom stereocenters. The van der Waals surface area contributed by atoms with Gasteiger partial charge in [0.25, 0.3) is 0 Å². The third-order valence-electron chi connectivity index (χ3n) is 6.35. The van der Waals surface area contributed by atoms with Crippen LogP contribution in [0.4, 0.5) is 5.69 Å². The van der Waals surface area contributed by atoms with E-state index in [-0.39, 0.29) is 11.4 Å². The summed E-state index contributed by atoms with van der Waals surface area (Å²) in [7, 11) is 3.24. The number of rotatable bonds is 5. The lowest BCUT2D eigenvalue weighted by molar-refractivity contribution is -0.168. The predicted octanol–water partition coefficient (Wildman–Crippen LogP) is 3.01. The minimum Gasteiger partial charge on any atom is -0.364 e. The summed E-state index contributed by atoms with van der Waals surface area (Å²) >= 11 is 2.01. The molecule has 1 aromatic rings. The number of thioether (sulfide) groups is 1. The van der Waals surface area contributed by atoms with Crippen LogP contribution in [0.15, 0.2) is 23.1 Å². The molecule has 0 bridgehead atoms. The van der Waals surface area contributed by atoms with E-state index in [0.29, 0.717) is 12.3 Å². The van der Waals surface area contributed by atoms with Crippen molar-refractivity contribution in [3.8, 4) is 0 Å². The highest BCUT2D eigenvalue weighted by Crippen LogP contribution is 2.56. The highest BCUT2D eigenvalue weighted by atomic mass is 32.2. The zero-order chi connectivity index (χ0) is 18.1. The maximum absolute atomic E-state index is 12.2. The van der Waals surface area contributed by atoms with Crippen LogP contribution in [0.2, 0.25) is 0 Å². The minimum atomic E-state index is 0.0667. The van der Waals surface area contributed by atoms with Crippen molar-refractivity contribution in [1.29, 1.82) is 0 Å². The fraction of sp³-hybridized carbons (Fsp3) is 0.650. The molecule has 26 heavy (non-hydrogen) atoms. The second-order valence-corrected chi connectivity index (χ2v) is 8.72. The first-order valence-electron chi connectivity index (χ1n) is 9.72. The van der Waals surface area contributed by atoms with Crippen LogP contribution >= 0.6 is 11.8 Å². The van der Waals surface area contributed by atoms with Crippen molar-refractivity contribution >= 4 is 23.4 Å². The summed E-state index contributed by atoms with van der Waals surface area (Å²) in [5, 5.41) is 4.97. The van der Waals surface area contributed by atoms with E-state index >= 15 is 0 Å². The van der Waals surface area contributed by atoms with E-state index in [1.54, 1.807) is 14.2 Å². The van der Waals surface area contributed by atoms with Crippen LogP contribution in [0, 0.1) is 0 Å². The Kier molecular flexibility index (Phi) is 5.17. The molecule has 5 nitrogen and oxygen atoms in total. The van der Waals surface area contributed by atoms with Crippen LogP contribution in [-0.4, -0.2) is 56.1 Å². The molecule has 1 fully saturated rings. The number of hydrogen-bond acceptors (Lipinski definition) is 5. The molecular weight excluding hydrogens is 346 g/mol. The number of anilines is 1. The van der Waals surface area contributed by atoms with Gasteiger partial charge in [-0.3, -0.25) is 9.63 Å². The van der Waals surface area contributed by atoms with Gasteiger partial charge in [-0.15, -0.1) is 11.8 Å². The van der Waals surface area contributed by atoms with Crippen molar-refractivity contribution in [3.05, 3.63) is 23.8 Å². The Morgan fingerprint density at radius 3 is 3.23 bits per heavy atom. The molecule has 142 valence electrons. The van der Waals surface area contributed by atoms with Crippen molar-refractivity contribution < 1.29 is 9.63 Å². The Morgan fingerprint density at radius 1 is 1.50 bits per heavy atom. The number of benzene rings is 1. The van der Waals surface area contributed by atoms with E-state index in [1.165, 1.54) is 33.4 Å². The Morgan fingerprint density at radius 2 is 2.38 bits per heavy atom. The summed E-state index contributed by atoms with van der Waals surface area (Å²) < 4.78 is 0. The number of nitrogens with zero attached hydrogens (tertiary/aromatic N) is 2. The zero-order valence-electron chi connectivity index (χ0n) is 15.8.